The lowest BCUT2D eigenvalue weighted by atomic mass is 9.78. The van der Waals surface area contributed by atoms with Crippen molar-refractivity contribution in [3.8, 4) is 11.1 Å². The van der Waals surface area contributed by atoms with Crippen molar-refractivity contribution in [2.24, 2.45) is 11.8 Å². The van der Waals surface area contributed by atoms with E-state index in [0.717, 1.165) is 107 Å². The number of anilines is 2. The van der Waals surface area contributed by atoms with Crippen LogP contribution in [0.25, 0.3) is 16.0 Å². The third kappa shape index (κ3) is 6.38. The van der Waals surface area contributed by atoms with E-state index in [0.29, 0.717) is 28.0 Å². The number of amides is 4. The molecule has 0 spiro atoms. The summed E-state index contributed by atoms with van der Waals surface area (Å²) in [7, 11) is 0. The summed E-state index contributed by atoms with van der Waals surface area (Å²) >= 11 is 6.95. The molecule has 3 aromatic carbocycles. The van der Waals surface area contributed by atoms with Crippen LogP contribution in [0.5, 0.6) is 0 Å². The Morgan fingerprint density at radius 2 is 1.67 bits per heavy atom. The summed E-state index contributed by atoms with van der Waals surface area (Å²) in [5, 5.41) is 7.08. The monoisotopic (exact) mass is 743 g/mol. The number of piperidine rings is 1. The molecule has 54 heavy (non-hydrogen) atoms. The van der Waals surface area contributed by atoms with Gasteiger partial charge in [-0.2, -0.15) is 0 Å². The van der Waals surface area contributed by atoms with Gasteiger partial charge in [-0.1, -0.05) is 35.0 Å². The van der Waals surface area contributed by atoms with Gasteiger partial charge >= 0.3 is 0 Å². The molecule has 1 saturated heterocycles. The minimum Gasteiger partial charge on any atom is -0.361 e. The fourth-order valence-electron chi connectivity index (χ4n) is 8.76. The Morgan fingerprint density at radius 1 is 0.926 bits per heavy atom. The second kappa shape index (κ2) is 13.9. The maximum absolute atomic E-state index is 13.4. The van der Waals surface area contributed by atoms with E-state index >= 15 is 0 Å². The topological polar surface area (TPSA) is 117 Å². The van der Waals surface area contributed by atoms with Gasteiger partial charge in [0.05, 0.1) is 27.4 Å². The summed E-state index contributed by atoms with van der Waals surface area (Å²) in [6, 6.07) is 17.1. The Bertz CT molecular complexity index is 2240. The van der Waals surface area contributed by atoms with Crippen LogP contribution in [0.4, 0.5) is 11.4 Å². The van der Waals surface area contributed by atoms with Gasteiger partial charge in [0.1, 0.15) is 11.8 Å². The molecule has 1 atom stereocenters. The number of aryl methyl sites for hydroxylation is 3. The molecule has 1 aromatic heterocycles. The number of hydrogen-bond donors (Lipinski definition) is 1. The first-order valence-corrected chi connectivity index (χ1v) is 19.2. The van der Waals surface area contributed by atoms with E-state index in [1.807, 2.05) is 38.1 Å². The van der Waals surface area contributed by atoms with E-state index in [1.54, 1.807) is 6.07 Å². The number of carbonyl (C=O) groups excluding carboxylic acids is 4. The molecule has 0 radical (unpaired) electrons. The van der Waals surface area contributed by atoms with Crippen molar-refractivity contribution >= 4 is 46.6 Å². The molecule has 276 valence electrons. The molecule has 4 aliphatic rings. The van der Waals surface area contributed by atoms with Crippen LogP contribution in [0, 0.1) is 39.2 Å². The SMILES string of the molecule is [C-]#[N+]C1(c2ccc(N(CC3CCC(Cc4ccc5c(c4)C(=O)N(C4CCC(=O)NC4=O)C5=O)CC3)c3cc(-c4c(C)noc4C)ccc3C)cc2Cl)CC1. The van der Waals surface area contributed by atoms with Crippen molar-refractivity contribution in [1.82, 2.24) is 15.4 Å². The molecule has 10 nitrogen and oxygen atoms in total. The highest BCUT2D eigenvalue weighted by molar-refractivity contribution is 6.32. The average molecular weight is 744 g/mol. The molecule has 11 heteroatoms. The van der Waals surface area contributed by atoms with Crippen LogP contribution in [-0.2, 0) is 21.5 Å². The molecule has 3 fully saturated rings. The van der Waals surface area contributed by atoms with Crippen LogP contribution < -0.4 is 10.2 Å². The van der Waals surface area contributed by atoms with Crippen molar-refractivity contribution in [3.63, 3.8) is 0 Å². The molecule has 1 N–H and O–H groups in total. The Hall–Kier alpha value is -5.27. The average Bonchev–Trinajstić information content (AvgIpc) is 3.83. The number of rotatable bonds is 9. The zero-order chi connectivity index (χ0) is 37.9. The maximum Gasteiger partial charge on any atom is 0.262 e. The third-order valence-electron chi connectivity index (χ3n) is 12.0. The number of carbonyl (C=O) groups is 4. The number of fused-ring (bicyclic) bond motifs is 1. The highest BCUT2D eigenvalue weighted by Gasteiger charge is 2.54. The molecular weight excluding hydrogens is 702 g/mol. The molecule has 2 aliphatic carbocycles. The van der Waals surface area contributed by atoms with Gasteiger partial charge < -0.3 is 14.3 Å². The fourth-order valence-corrected chi connectivity index (χ4v) is 9.11. The zero-order valence-corrected chi connectivity index (χ0v) is 31.5. The number of nitrogens with zero attached hydrogens (tertiary/aromatic N) is 4. The van der Waals surface area contributed by atoms with Gasteiger partial charge in [-0.15, -0.1) is 0 Å². The summed E-state index contributed by atoms with van der Waals surface area (Å²) in [4.78, 5) is 58.1. The summed E-state index contributed by atoms with van der Waals surface area (Å²) in [6.07, 6.45) is 6.80. The Morgan fingerprint density at radius 3 is 2.33 bits per heavy atom. The summed E-state index contributed by atoms with van der Waals surface area (Å²) < 4.78 is 5.52. The van der Waals surface area contributed by atoms with Gasteiger partial charge in [0.2, 0.25) is 11.8 Å². The van der Waals surface area contributed by atoms with E-state index in [9.17, 15) is 19.2 Å². The minimum atomic E-state index is -0.974. The number of hydrogen-bond acceptors (Lipinski definition) is 7. The third-order valence-corrected chi connectivity index (χ3v) is 12.3. The Kier molecular flexibility index (Phi) is 9.17. The smallest absolute Gasteiger partial charge is 0.262 e. The van der Waals surface area contributed by atoms with Gasteiger partial charge in [-0.25, -0.2) is 6.57 Å². The van der Waals surface area contributed by atoms with Crippen molar-refractivity contribution < 1.29 is 23.7 Å². The van der Waals surface area contributed by atoms with Gasteiger partial charge in [-0.3, -0.25) is 29.4 Å². The van der Waals surface area contributed by atoms with E-state index in [1.165, 1.54) is 0 Å². The lowest BCUT2D eigenvalue weighted by Crippen LogP contribution is -2.54. The van der Waals surface area contributed by atoms with E-state index < -0.39 is 35.2 Å². The second-order valence-corrected chi connectivity index (χ2v) is 15.9. The largest absolute Gasteiger partial charge is 0.361 e. The van der Waals surface area contributed by atoms with Crippen LogP contribution in [-0.4, -0.2) is 46.3 Å². The number of aromatic nitrogens is 1. The molecular formula is C43H42ClN5O5. The first kappa shape index (κ1) is 35.7. The van der Waals surface area contributed by atoms with Crippen LogP contribution in [0.2, 0.25) is 5.02 Å². The first-order valence-electron chi connectivity index (χ1n) is 18.8. The molecule has 4 amide bonds. The number of imide groups is 2. The molecule has 2 saturated carbocycles. The summed E-state index contributed by atoms with van der Waals surface area (Å²) in [6.45, 7) is 14.6. The van der Waals surface area contributed by atoms with Crippen LogP contribution in [0.1, 0.15) is 100 Å². The van der Waals surface area contributed by atoms with E-state index in [2.05, 4.69) is 51.4 Å². The molecule has 8 rings (SSSR count). The maximum atomic E-state index is 13.4. The van der Waals surface area contributed by atoms with Crippen LogP contribution in [0.3, 0.4) is 0 Å². The quantitative estimate of drug-likeness (QED) is 0.135. The fraction of sp³-hybridized carbons (Fsp3) is 0.395. The molecule has 4 aromatic rings. The van der Waals surface area contributed by atoms with Crippen molar-refractivity contribution in [2.45, 2.75) is 90.1 Å². The predicted octanol–water partition coefficient (Wildman–Crippen LogP) is 8.42. The highest BCUT2D eigenvalue weighted by atomic mass is 35.5. The lowest BCUT2D eigenvalue weighted by molar-refractivity contribution is -0.136. The van der Waals surface area contributed by atoms with Crippen molar-refractivity contribution in [1.29, 1.82) is 0 Å². The predicted molar refractivity (Wildman–Crippen MR) is 204 cm³/mol. The van der Waals surface area contributed by atoms with Crippen molar-refractivity contribution in [3.05, 3.63) is 110 Å². The molecule has 0 bridgehead atoms. The standard InChI is InChI=1S/C43H42ClN5O5/c1-24-5-11-30(39-25(2)47-54-26(39)3)21-37(24)48(31-12-14-34(35(44)22-31)43(45-4)17-18-43)23-28-8-6-27(7-9-28)19-29-10-13-32-33(20-29)42(53)49(41(32)52)36-15-16-38(50)46-40(36)51/h5,10-14,20-22,27-28,36H,6-9,15-19,23H2,1-3H3,(H,46,50,51). The number of nitrogens with one attached hydrogen (secondary N) is 1. The molecule has 3 heterocycles. The second-order valence-electron chi connectivity index (χ2n) is 15.5. The van der Waals surface area contributed by atoms with E-state index in [-0.39, 0.29) is 12.8 Å². The number of benzene rings is 3. The van der Waals surface area contributed by atoms with Crippen LogP contribution >= 0.6 is 11.6 Å². The zero-order valence-electron chi connectivity index (χ0n) is 30.7. The molecule has 2 aliphatic heterocycles. The van der Waals surface area contributed by atoms with Gasteiger partial charge in [-0.05, 0) is 124 Å². The lowest BCUT2D eigenvalue weighted by Gasteiger charge is -2.35. The normalized spacial score (nSPS) is 21.8. The Balaban J connectivity index is 0.996. The summed E-state index contributed by atoms with van der Waals surface area (Å²) in [5.74, 6) is -0.334. The van der Waals surface area contributed by atoms with Gasteiger partial charge in [0, 0.05) is 42.7 Å². The van der Waals surface area contributed by atoms with E-state index in [4.69, 9.17) is 22.7 Å². The van der Waals surface area contributed by atoms with Crippen molar-refractivity contribution in [2.75, 3.05) is 11.4 Å². The molecule has 1 unspecified atom stereocenters. The van der Waals surface area contributed by atoms with Crippen LogP contribution in [0.15, 0.2) is 59.1 Å². The number of halogens is 1. The highest BCUT2D eigenvalue weighted by Crippen LogP contribution is 2.52. The van der Waals surface area contributed by atoms with Gasteiger partial charge in [0.15, 0.2) is 0 Å². The minimum absolute atomic E-state index is 0.0911. The first-order chi connectivity index (χ1) is 26.0. The summed E-state index contributed by atoms with van der Waals surface area (Å²) in [5.41, 5.74) is 8.16. The van der Waals surface area contributed by atoms with Gasteiger partial charge in [0.25, 0.3) is 17.4 Å². The Labute approximate surface area is 319 Å².